The summed E-state index contributed by atoms with van der Waals surface area (Å²) in [6, 6.07) is -0.0421. The normalized spacial score (nSPS) is 25.9. The van der Waals surface area contributed by atoms with Crippen molar-refractivity contribution in [2.24, 2.45) is 5.73 Å². The Labute approximate surface area is 86.0 Å². The highest BCUT2D eigenvalue weighted by Crippen LogP contribution is 2.13. The number of hydrogen-bond donors (Lipinski definition) is 1. The summed E-state index contributed by atoms with van der Waals surface area (Å²) in [7, 11) is 3.95. The van der Waals surface area contributed by atoms with Crippen molar-refractivity contribution in [2.45, 2.75) is 31.8 Å². The maximum atomic E-state index is 11.6. The molecule has 1 fully saturated rings. The number of likely N-dealkylation sites (N-methyl/N-ethyl adjacent to an activating group) is 2. The Morgan fingerprint density at radius 1 is 1.64 bits per heavy atom. The topological polar surface area (TPSA) is 49.6 Å². The van der Waals surface area contributed by atoms with Gasteiger partial charge in [-0.15, -0.1) is 0 Å². The van der Waals surface area contributed by atoms with Crippen molar-refractivity contribution in [1.82, 2.24) is 9.80 Å². The van der Waals surface area contributed by atoms with Gasteiger partial charge in [-0.3, -0.25) is 4.79 Å². The molecule has 0 spiro atoms. The highest BCUT2D eigenvalue weighted by Gasteiger charge is 2.25. The molecule has 4 heteroatoms. The minimum atomic E-state index is -0.382. The minimum Gasteiger partial charge on any atom is -0.340 e. The van der Waals surface area contributed by atoms with Crippen LogP contribution in [-0.2, 0) is 4.79 Å². The summed E-state index contributed by atoms with van der Waals surface area (Å²) in [5.41, 5.74) is 5.57. The van der Waals surface area contributed by atoms with Crippen molar-refractivity contribution in [3.63, 3.8) is 0 Å². The van der Waals surface area contributed by atoms with E-state index in [-0.39, 0.29) is 11.9 Å². The van der Waals surface area contributed by atoms with Crippen LogP contribution in [0.2, 0.25) is 0 Å². The van der Waals surface area contributed by atoms with Crippen LogP contribution < -0.4 is 5.73 Å². The monoisotopic (exact) mass is 199 g/mol. The Balaban J connectivity index is 2.51. The number of likely N-dealkylation sites (tertiary alicyclic amines) is 1. The van der Waals surface area contributed by atoms with Crippen LogP contribution in [0.1, 0.15) is 19.8 Å². The molecule has 1 rings (SSSR count). The number of nitrogens with two attached hydrogens (primary N) is 1. The average Bonchev–Trinajstić information content (AvgIpc) is 2.15. The second-order valence-electron chi connectivity index (χ2n) is 4.30. The van der Waals surface area contributed by atoms with E-state index in [1.807, 2.05) is 7.05 Å². The van der Waals surface area contributed by atoms with Gasteiger partial charge < -0.3 is 15.5 Å². The largest absolute Gasteiger partial charge is 0.340 e. The second-order valence-corrected chi connectivity index (χ2v) is 4.30. The molecule has 0 radical (unpaired) electrons. The molecule has 1 aliphatic rings. The summed E-state index contributed by atoms with van der Waals surface area (Å²) >= 11 is 0. The van der Waals surface area contributed by atoms with Gasteiger partial charge in [0.05, 0.1) is 6.04 Å². The first kappa shape index (κ1) is 11.5. The Hall–Kier alpha value is -0.610. The van der Waals surface area contributed by atoms with Crippen molar-refractivity contribution in [2.75, 3.05) is 27.2 Å². The van der Waals surface area contributed by atoms with E-state index in [1.165, 1.54) is 0 Å². The summed E-state index contributed by atoms with van der Waals surface area (Å²) in [6.07, 6.45) is 2.26. The molecule has 0 unspecified atom stereocenters. The first-order valence-electron chi connectivity index (χ1n) is 5.23. The van der Waals surface area contributed by atoms with Crippen LogP contribution in [0.5, 0.6) is 0 Å². The standard InChI is InChI=1S/C10H21N3O/c1-8(11)10(14)13(3)9-5-4-6-12(2)7-9/h8-9H,4-7,11H2,1-3H3/t8-,9-/m0/s1. The van der Waals surface area contributed by atoms with E-state index in [4.69, 9.17) is 5.73 Å². The third-order valence-corrected chi connectivity index (χ3v) is 2.88. The third kappa shape index (κ3) is 2.69. The Morgan fingerprint density at radius 3 is 2.79 bits per heavy atom. The number of amides is 1. The van der Waals surface area contributed by atoms with E-state index in [2.05, 4.69) is 11.9 Å². The molecule has 82 valence electrons. The molecule has 2 atom stereocenters. The predicted octanol–water partition coefficient (Wildman–Crippen LogP) is -0.114. The summed E-state index contributed by atoms with van der Waals surface area (Å²) in [6.45, 7) is 3.84. The minimum absolute atomic E-state index is 0.0466. The lowest BCUT2D eigenvalue weighted by Crippen LogP contribution is -2.51. The lowest BCUT2D eigenvalue weighted by molar-refractivity contribution is -0.133. The predicted molar refractivity (Wildman–Crippen MR) is 56.9 cm³/mol. The molecular weight excluding hydrogens is 178 g/mol. The number of hydrogen-bond acceptors (Lipinski definition) is 3. The molecule has 2 N–H and O–H groups in total. The number of piperidine rings is 1. The zero-order chi connectivity index (χ0) is 10.7. The van der Waals surface area contributed by atoms with Gasteiger partial charge in [-0.2, -0.15) is 0 Å². The molecule has 0 aliphatic carbocycles. The Morgan fingerprint density at radius 2 is 2.29 bits per heavy atom. The van der Waals surface area contributed by atoms with E-state index in [1.54, 1.807) is 11.8 Å². The zero-order valence-corrected chi connectivity index (χ0v) is 9.36. The van der Waals surface area contributed by atoms with Crippen molar-refractivity contribution in [1.29, 1.82) is 0 Å². The molecule has 1 amide bonds. The first-order chi connectivity index (χ1) is 6.52. The molecule has 1 heterocycles. The van der Waals surface area contributed by atoms with Gasteiger partial charge in [-0.05, 0) is 33.4 Å². The van der Waals surface area contributed by atoms with Crippen LogP contribution in [0.3, 0.4) is 0 Å². The molecule has 0 bridgehead atoms. The Kier molecular flexibility index (Phi) is 3.89. The Bertz CT molecular complexity index is 206. The third-order valence-electron chi connectivity index (χ3n) is 2.88. The van der Waals surface area contributed by atoms with Crippen LogP contribution in [-0.4, -0.2) is 55.0 Å². The van der Waals surface area contributed by atoms with Crippen molar-refractivity contribution < 1.29 is 4.79 Å². The molecule has 0 aromatic heterocycles. The summed E-state index contributed by atoms with van der Waals surface area (Å²) in [5.74, 6) is 0.0466. The number of rotatable bonds is 2. The first-order valence-corrected chi connectivity index (χ1v) is 5.23. The van der Waals surface area contributed by atoms with Gasteiger partial charge in [0.2, 0.25) is 5.91 Å². The molecular formula is C10H21N3O. The van der Waals surface area contributed by atoms with Crippen molar-refractivity contribution in [3.8, 4) is 0 Å². The highest BCUT2D eigenvalue weighted by atomic mass is 16.2. The molecule has 0 saturated carbocycles. The van der Waals surface area contributed by atoms with Gasteiger partial charge >= 0.3 is 0 Å². The van der Waals surface area contributed by atoms with Crippen molar-refractivity contribution >= 4 is 5.91 Å². The number of carbonyl (C=O) groups is 1. The van der Waals surface area contributed by atoms with E-state index < -0.39 is 0 Å². The fraction of sp³-hybridized carbons (Fsp3) is 0.900. The van der Waals surface area contributed by atoms with Gasteiger partial charge in [0, 0.05) is 19.6 Å². The van der Waals surface area contributed by atoms with Gasteiger partial charge in [0.25, 0.3) is 0 Å². The van der Waals surface area contributed by atoms with Gasteiger partial charge in [-0.1, -0.05) is 0 Å². The number of carbonyl (C=O) groups excluding carboxylic acids is 1. The molecule has 14 heavy (non-hydrogen) atoms. The highest BCUT2D eigenvalue weighted by molar-refractivity contribution is 5.81. The fourth-order valence-electron chi connectivity index (χ4n) is 1.96. The maximum absolute atomic E-state index is 11.6. The quantitative estimate of drug-likeness (QED) is 0.675. The van der Waals surface area contributed by atoms with Crippen LogP contribution in [0, 0.1) is 0 Å². The van der Waals surface area contributed by atoms with Gasteiger partial charge in [0.1, 0.15) is 0 Å². The fourth-order valence-corrected chi connectivity index (χ4v) is 1.96. The number of nitrogens with zero attached hydrogens (tertiary/aromatic N) is 2. The van der Waals surface area contributed by atoms with E-state index in [0.29, 0.717) is 6.04 Å². The van der Waals surface area contributed by atoms with Crippen LogP contribution in [0.15, 0.2) is 0 Å². The molecule has 4 nitrogen and oxygen atoms in total. The maximum Gasteiger partial charge on any atom is 0.239 e. The molecule has 0 aromatic carbocycles. The van der Waals surface area contributed by atoms with E-state index in [0.717, 1.165) is 25.9 Å². The average molecular weight is 199 g/mol. The second kappa shape index (κ2) is 4.75. The lowest BCUT2D eigenvalue weighted by atomic mass is 10.0. The van der Waals surface area contributed by atoms with Crippen LogP contribution in [0.25, 0.3) is 0 Å². The van der Waals surface area contributed by atoms with Gasteiger partial charge in [0.15, 0.2) is 0 Å². The summed E-state index contributed by atoms with van der Waals surface area (Å²) in [4.78, 5) is 15.7. The van der Waals surface area contributed by atoms with Crippen molar-refractivity contribution in [3.05, 3.63) is 0 Å². The zero-order valence-electron chi connectivity index (χ0n) is 9.36. The van der Waals surface area contributed by atoms with Crippen LogP contribution >= 0.6 is 0 Å². The molecule has 0 aromatic rings. The lowest BCUT2D eigenvalue weighted by Gasteiger charge is -2.36. The van der Waals surface area contributed by atoms with E-state index in [9.17, 15) is 4.79 Å². The smallest absolute Gasteiger partial charge is 0.239 e. The van der Waals surface area contributed by atoms with E-state index >= 15 is 0 Å². The van der Waals surface area contributed by atoms with Crippen LogP contribution in [0.4, 0.5) is 0 Å². The summed E-state index contributed by atoms with van der Waals surface area (Å²) in [5, 5.41) is 0. The van der Waals surface area contributed by atoms with Gasteiger partial charge in [-0.25, -0.2) is 0 Å². The molecule has 1 aliphatic heterocycles. The SMILES string of the molecule is C[C@H](N)C(=O)N(C)[C@H]1CCCN(C)C1. The summed E-state index contributed by atoms with van der Waals surface area (Å²) < 4.78 is 0. The molecule has 1 saturated heterocycles.